The molecule has 0 N–H and O–H groups in total. The van der Waals surface area contributed by atoms with E-state index in [1.165, 1.54) is 16.3 Å². The smallest absolute Gasteiger partial charge is 0.184 e. The minimum Gasteiger partial charge on any atom is -0.236 e. The van der Waals surface area contributed by atoms with E-state index in [4.69, 9.17) is 0 Å². The molecule has 2 heterocycles. The molecule has 0 unspecified atom stereocenters. The van der Waals surface area contributed by atoms with Crippen molar-refractivity contribution in [3.8, 4) is 0 Å². The molecule has 2 aromatic rings. The van der Waals surface area contributed by atoms with Crippen LogP contribution in [-0.2, 0) is 9.84 Å². The van der Waals surface area contributed by atoms with Crippen LogP contribution in [0.5, 0.6) is 0 Å². The molecule has 0 radical (unpaired) electrons. The van der Waals surface area contributed by atoms with Gasteiger partial charge in [0, 0.05) is 12.4 Å². The zero-order valence-corrected chi connectivity index (χ0v) is 12.7. The molecule has 19 heavy (non-hydrogen) atoms. The Morgan fingerprint density at radius 1 is 1.37 bits per heavy atom. The van der Waals surface area contributed by atoms with Crippen molar-refractivity contribution < 1.29 is 8.42 Å². The first-order valence-corrected chi connectivity index (χ1v) is 9.08. The van der Waals surface area contributed by atoms with Crippen molar-refractivity contribution >= 4 is 27.2 Å². The number of rotatable bonds is 6. The van der Waals surface area contributed by atoms with Crippen molar-refractivity contribution in [2.75, 3.05) is 12.0 Å². The zero-order chi connectivity index (χ0) is 13.9. The molecular weight excluding hydrogens is 282 g/mol. The standard InChI is InChI=1S/C12H17N3O2S2/c1-3-4-5-9-19(16,17)10-11-13-7-6-8-15(11)14-12(10)18-2/h6-8H,3-5,9H2,1-2H3. The van der Waals surface area contributed by atoms with Crippen molar-refractivity contribution in [2.24, 2.45) is 0 Å². The molecule has 0 saturated heterocycles. The van der Waals surface area contributed by atoms with E-state index in [1.54, 1.807) is 18.5 Å². The van der Waals surface area contributed by atoms with Gasteiger partial charge in [-0.15, -0.1) is 11.8 Å². The summed E-state index contributed by atoms with van der Waals surface area (Å²) in [5.74, 6) is 0.159. The third-order valence-corrected chi connectivity index (χ3v) is 5.47. The van der Waals surface area contributed by atoms with Crippen molar-refractivity contribution in [1.29, 1.82) is 0 Å². The van der Waals surface area contributed by atoms with Crippen LogP contribution in [0.25, 0.3) is 5.65 Å². The molecule has 0 spiro atoms. The molecule has 2 aromatic heterocycles. The molecule has 0 bridgehead atoms. The summed E-state index contributed by atoms with van der Waals surface area (Å²) in [5.41, 5.74) is 0.420. The predicted molar refractivity (Wildman–Crippen MR) is 76.3 cm³/mol. The van der Waals surface area contributed by atoms with Crippen LogP contribution in [0.3, 0.4) is 0 Å². The maximum Gasteiger partial charge on any atom is 0.184 e. The SMILES string of the molecule is CCCCCS(=O)(=O)c1c(SC)nn2cccnc12. The molecule has 104 valence electrons. The van der Waals surface area contributed by atoms with Gasteiger partial charge in [0.15, 0.2) is 15.5 Å². The van der Waals surface area contributed by atoms with E-state index in [9.17, 15) is 8.42 Å². The predicted octanol–water partition coefficient (Wildman–Crippen LogP) is 2.42. The highest BCUT2D eigenvalue weighted by Crippen LogP contribution is 2.28. The van der Waals surface area contributed by atoms with Crippen LogP contribution in [0.4, 0.5) is 0 Å². The second-order valence-corrected chi connectivity index (χ2v) is 7.09. The lowest BCUT2D eigenvalue weighted by molar-refractivity contribution is 0.589. The van der Waals surface area contributed by atoms with Gasteiger partial charge in [-0.2, -0.15) is 5.10 Å². The fourth-order valence-corrected chi connectivity index (χ4v) is 4.49. The number of thioether (sulfide) groups is 1. The first-order chi connectivity index (χ1) is 9.10. The molecule has 0 atom stereocenters. The van der Waals surface area contributed by atoms with Crippen molar-refractivity contribution in [3.63, 3.8) is 0 Å². The van der Waals surface area contributed by atoms with Gasteiger partial charge in [-0.05, 0) is 18.7 Å². The van der Waals surface area contributed by atoms with E-state index in [-0.39, 0.29) is 10.6 Å². The van der Waals surface area contributed by atoms with Gasteiger partial charge >= 0.3 is 0 Å². The number of hydrogen-bond acceptors (Lipinski definition) is 5. The van der Waals surface area contributed by atoms with E-state index >= 15 is 0 Å². The minimum atomic E-state index is -3.33. The summed E-state index contributed by atoms with van der Waals surface area (Å²) < 4.78 is 26.4. The quantitative estimate of drug-likeness (QED) is 0.605. The van der Waals surface area contributed by atoms with Crippen LogP contribution in [0.1, 0.15) is 26.2 Å². The second-order valence-electron chi connectivity index (χ2n) is 4.25. The number of sulfone groups is 1. The van der Waals surface area contributed by atoms with E-state index in [0.717, 1.165) is 12.8 Å². The molecule has 0 aliphatic rings. The van der Waals surface area contributed by atoms with Crippen LogP contribution in [-0.4, -0.2) is 35.0 Å². The van der Waals surface area contributed by atoms with E-state index in [0.29, 0.717) is 17.1 Å². The Labute approximate surface area is 117 Å². The molecule has 0 aromatic carbocycles. The van der Waals surface area contributed by atoms with Crippen molar-refractivity contribution in [2.45, 2.75) is 36.1 Å². The van der Waals surface area contributed by atoms with Crippen molar-refractivity contribution in [3.05, 3.63) is 18.5 Å². The lowest BCUT2D eigenvalue weighted by Gasteiger charge is -2.03. The Morgan fingerprint density at radius 2 is 2.16 bits per heavy atom. The molecule has 0 aliphatic carbocycles. The Bertz CT molecular complexity index is 665. The maximum atomic E-state index is 12.5. The van der Waals surface area contributed by atoms with Gasteiger partial charge in [-0.3, -0.25) is 0 Å². The molecule has 5 nitrogen and oxygen atoms in total. The first kappa shape index (κ1) is 14.3. The highest BCUT2D eigenvalue weighted by atomic mass is 32.2. The molecule has 2 rings (SSSR count). The third kappa shape index (κ3) is 2.92. The number of nitrogens with zero attached hydrogens (tertiary/aromatic N) is 3. The molecule has 7 heteroatoms. The Morgan fingerprint density at radius 3 is 2.84 bits per heavy atom. The lowest BCUT2D eigenvalue weighted by atomic mass is 10.3. The van der Waals surface area contributed by atoms with Gasteiger partial charge in [0.05, 0.1) is 5.75 Å². The normalized spacial score (nSPS) is 12.1. The highest BCUT2D eigenvalue weighted by molar-refractivity contribution is 7.99. The summed E-state index contributed by atoms with van der Waals surface area (Å²) >= 11 is 1.34. The maximum absolute atomic E-state index is 12.5. The average molecular weight is 299 g/mol. The van der Waals surface area contributed by atoms with Crippen LogP contribution in [0.15, 0.2) is 28.4 Å². The van der Waals surface area contributed by atoms with E-state index in [1.807, 2.05) is 6.26 Å². The monoisotopic (exact) mass is 299 g/mol. The van der Waals surface area contributed by atoms with Gasteiger partial charge < -0.3 is 0 Å². The number of aromatic nitrogens is 3. The fraction of sp³-hybridized carbons (Fsp3) is 0.500. The van der Waals surface area contributed by atoms with Gasteiger partial charge in [0.1, 0.15) is 9.92 Å². The summed E-state index contributed by atoms with van der Waals surface area (Å²) in [4.78, 5) is 4.43. The number of hydrogen-bond donors (Lipinski definition) is 0. The summed E-state index contributed by atoms with van der Waals surface area (Å²) in [5, 5.41) is 4.79. The van der Waals surface area contributed by atoms with Crippen LogP contribution >= 0.6 is 11.8 Å². The first-order valence-electron chi connectivity index (χ1n) is 6.20. The largest absolute Gasteiger partial charge is 0.236 e. The Hall–Kier alpha value is -1.08. The summed E-state index contributed by atoms with van der Waals surface area (Å²) in [6, 6.07) is 1.73. The highest BCUT2D eigenvalue weighted by Gasteiger charge is 2.25. The third-order valence-electron chi connectivity index (χ3n) is 2.84. The second kappa shape index (κ2) is 5.92. The van der Waals surface area contributed by atoms with Gasteiger partial charge in [0.25, 0.3) is 0 Å². The topological polar surface area (TPSA) is 64.3 Å². The Balaban J connectivity index is 2.48. The molecule has 0 saturated carbocycles. The molecule has 0 aliphatic heterocycles. The van der Waals surface area contributed by atoms with E-state index < -0.39 is 9.84 Å². The average Bonchev–Trinajstić information content (AvgIpc) is 2.78. The minimum absolute atomic E-state index is 0.159. The lowest BCUT2D eigenvalue weighted by Crippen LogP contribution is -2.08. The summed E-state index contributed by atoms with van der Waals surface area (Å²) in [6.07, 6.45) is 7.72. The van der Waals surface area contributed by atoms with Gasteiger partial charge in [-0.1, -0.05) is 19.8 Å². The van der Waals surface area contributed by atoms with Crippen molar-refractivity contribution in [1.82, 2.24) is 14.6 Å². The molecule has 0 amide bonds. The van der Waals surface area contributed by atoms with E-state index in [2.05, 4.69) is 17.0 Å². The number of unbranched alkanes of at least 4 members (excludes halogenated alkanes) is 2. The van der Waals surface area contributed by atoms with Crippen LogP contribution in [0, 0.1) is 0 Å². The molecular formula is C12H17N3O2S2. The summed E-state index contributed by atoms with van der Waals surface area (Å²) in [7, 11) is -3.33. The molecule has 0 fully saturated rings. The number of fused-ring (bicyclic) bond motifs is 1. The zero-order valence-electron chi connectivity index (χ0n) is 11.0. The van der Waals surface area contributed by atoms with Gasteiger partial charge in [-0.25, -0.2) is 17.9 Å². The summed E-state index contributed by atoms with van der Waals surface area (Å²) in [6.45, 7) is 2.05. The van der Waals surface area contributed by atoms with Crippen LogP contribution < -0.4 is 0 Å². The van der Waals surface area contributed by atoms with Crippen LogP contribution in [0.2, 0.25) is 0 Å². The Kier molecular flexibility index (Phi) is 4.46. The van der Waals surface area contributed by atoms with Gasteiger partial charge in [0.2, 0.25) is 0 Å². The fourth-order valence-electron chi connectivity index (χ4n) is 1.90.